The van der Waals surface area contributed by atoms with Gasteiger partial charge in [0.15, 0.2) is 0 Å². The molecule has 2 aromatic rings. The molecule has 0 radical (unpaired) electrons. The van der Waals surface area contributed by atoms with Crippen molar-refractivity contribution in [1.29, 1.82) is 0 Å². The van der Waals surface area contributed by atoms with E-state index in [-0.39, 0.29) is 30.5 Å². The Morgan fingerprint density at radius 1 is 1.14 bits per heavy atom. The fraction of sp³-hybridized carbons (Fsp3) is 0.318. The zero-order chi connectivity index (χ0) is 21.1. The van der Waals surface area contributed by atoms with Gasteiger partial charge in [0.1, 0.15) is 5.82 Å². The third-order valence-electron chi connectivity index (χ3n) is 4.89. The summed E-state index contributed by atoms with van der Waals surface area (Å²) in [6, 6.07) is 11.6. The molecule has 2 aromatic carbocycles. The molecule has 1 atom stereocenters. The van der Waals surface area contributed by atoms with Crippen LogP contribution in [-0.4, -0.2) is 24.3 Å². The minimum Gasteiger partial charge on any atom is -0.326 e. The van der Waals surface area contributed by atoms with Crippen LogP contribution < -0.4 is 15.5 Å². The van der Waals surface area contributed by atoms with E-state index in [9.17, 15) is 18.8 Å². The van der Waals surface area contributed by atoms with Crippen molar-refractivity contribution in [3.05, 3.63) is 53.8 Å². The first-order valence-corrected chi connectivity index (χ1v) is 9.53. The van der Waals surface area contributed by atoms with E-state index in [4.69, 9.17) is 0 Å². The summed E-state index contributed by atoms with van der Waals surface area (Å²) in [7, 11) is 0. The summed E-state index contributed by atoms with van der Waals surface area (Å²) >= 11 is 0. The summed E-state index contributed by atoms with van der Waals surface area (Å²) in [4.78, 5) is 37.9. The maximum atomic E-state index is 14.1. The van der Waals surface area contributed by atoms with Gasteiger partial charge in [0.2, 0.25) is 17.7 Å². The largest absolute Gasteiger partial charge is 0.326 e. The summed E-state index contributed by atoms with van der Waals surface area (Å²) in [5, 5.41) is 5.09. The van der Waals surface area contributed by atoms with E-state index in [1.165, 1.54) is 25.1 Å². The monoisotopic (exact) mass is 397 g/mol. The SMILES string of the molecule is CC(=O)Nc1ccc(F)c(NC(=O)[C@H]2CC(=O)N(c3cccc(C(C)C)c3)C2)c1. The molecular formula is C22H24FN3O3. The number of hydrogen-bond donors (Lipinski definition) is 2. The van der Waals surface area contributed by atoms with E-state index in [1.54, 1.807) is 4.90 Å². The number of rotatable bonds is 5. The summed E-state index contributed by atoms with van der Waals surface area (Å²) in [6.07, 6.45) is 0.0603. The average Bonchev–Trinajstić information content (AvgIpc) is 3.06. The third-order valence-corrected chi connectivity index (χ3v) is 4.89. The summed E-state index contributed by atoms with van der Waals surface area (Å²) in [5.74, 6) is -1.74. The molecule has 1 heterocycles. The van der Waals surface area contributed by atoms with E-state index < -0.39 is 17.6 Å². The molecule has 1 aliphatic heterocycles. The highest BCUT2D eigenvalue weighted by molar-refractivity contribution is 6.03. The molecule has 152 valence electrons. The molecule has 3 amide bonds. The van der Waals surface area contributed by atoms with Crippen molar-refractivity contribution in [2.24, 2.45) is 5.92 Å². The zero-order valence-corrected chi connectivity index (χ0v) is 16.7. The minimum absolute atomic E-state index is 0.0334. The van der Waals surface area contributed by atoms with Crippen molar-refractivity contribution in [2.75, 3.05) is 22.1 Å². The average molecular weight is 397 g/mol. The third kappa shape index (κ3) is 4.80. The van der Waals surface area contributed by atoms with Crippen LogP contribution >= 0.6 is 0 Å². The van der Waals surface area contributed by atoms with Gasteiger partial charge in [0.05, 0.1) is 11.6 Å². The molecule has 0 unspecified atom stereocenters. The lowest BCUT2D eigenvalue weighted by atomic mass is 10.0. The number of amides is 3. The summed E-state index contributed by atoms with van der Waals surface area (Å²) in [6.45, 7) is 5.73. The number of benzene rings is 2. The van der Waals surface area contributed by atoms with E-state index in [2.05, 4.69) is 24.5 Å². The number of hydrogen-bond acceptors (Lipinski definition) is 3. The first-order chi connectivity index (χ1) is 13.7. The van der Waals surface area contributed by atoms with Gasteiger partial charge >= 0.3 is 0 Å². The van der Waals surface area contributed by atoms with Crippen molar-refractivity contribution in [2.45, 2.75) is 33.1 Å². The van der Waals surface area contributed by atoms with Crippen LogP contribution in [0.5, 0.6) is 0 Å². The van der Waals surface area contributed by atoms with Crippen LogP contribution in [0.15, 0.2) is 42.5 Å². The first-order valence-electron chi connectivity index (χ1n) is 9.53. The van der Waals surface area contributed by atoms with Gasteiger partial charge in [-0.3, -0.25) is 14.4 Å². The molecule has 2 N–H and O–H groups in total. The molecule has 0 bridgehead atoms. The number of carbonyl (C=O) groups is 3. The van der Waals surface area contributed by atoms with Crippen LogP contribution in [0.25, 0.3) is 0 Å². The van der Waals surface area contributed by atoms with Crippen molar-refractivity contribution < 1.29 is 18.8 Å². The number of nitrogens with one attached hydrogen (secondary N) is 2. The van der Waals surface area contributed by atoms with Crippen molar-refractivity contribution >= 4 is 34.8 Å². The molecule has 0 aromatic heterocycles. The topological polar surface area (TPSA) is 78.5 Å². The fourth-order valence-electron chi connectivity index (χ4n) is 3.32. The number of halogens is 1. The smallest absolute Gasteiger partial charge is 0.229 e. The van der Waals surface area contributed by atoms with Crippen LogP contribution in [-0.2, 0) is 14.4 Å². The number of anilines is 3. The lowest BCUT2D eigenvalue weighted by Crippen LogP contribution is -2.28. The van der Waals surface area contributed by atoms with E-state index in [0.717, 1.165) is 11.3 Å². The van der Waals surface area contributed by atoms with E-state index in [0.29, 0.717) is 11.6 Å². The Morgan fingerprint density at radius 2 is 1.90 bits per heavy atom. The Labute approximate surface area is 169 Å². The lowest BCUT2D eigenvalue weighted by molar-refractivity contribution is -0.122. The molecular weight excluding hydrogens is 373 g/mol. The Hall–Kier alpha value is -3.22. The van der Waals surface area contributed by atoms with Crippen molar-refractivity contribution in [1.82, 2.24) is 0 Å². The Morgan fingerprint density at radius 3 is 2.59 bits per heavy atom. The predicted molar refractivity (Wildman–Crippen MR) is 110 cm³/mol. The van der Waals surface area contributed by atoms with E-state index in [1.807, 2.05) is 24.3 Å². The van der Waals surface area contributed by atoms with Crippen LogP contribution in [0.2, 0.25) is 0 Å². The summed E-state index contributed by atoms with van der Waals surface area (Å²) < 4.78 is 14.1. The summed E-state index contributed by atoms with van der Waals surface area (Å²) in [5.41, 5.74) is 2.22. The van der Waals surface area contributed by atoms with Crippen LogP contribution in [0.1, 0.15) is 38.7 Å². The highest BCUT2D eigenvalue weighted by Gasteiger charge is 2.35. The van der Waals surface area contributed by atoms with Gasteiger partial charge in [0, 0.05) is 31.3 Å². The van der Waals surface area contributed by atoms with Gasteiger partial charge < -0.3 is 15.5 Å². The molecule has 6 nitrogen and oxygen atoms in total. The molecule has 0 spiro atoms. The number of carbonyl (C=O) groups excluding carboxylic acids is 3. The van der Waals surface area contributed by atoms with E-state index >= 15 is 0 Å². The second-order valence-electron chi connectivity index (χ2n) is 7.52. The Kier molecular flexibility index (Phi) is 5.96. The van der Waals surface area contributed by atoms with Crippen LogP contribution in [0.4, 0.5) is 21.5 Å². The molecule has 1 saturated heterocycles. The van der Waals surface area contributed by atoms with Gasteiger partial charge in [-0.1, -0.05) is 26.0 Å². The van der Waals surface area contributed by atoms with Crippen molar-refractivity contribution in [3.8, 4) is 0 Å². The number of nitrogens with zero attached hydrogens (tertiary/aromatic N) is 1. The van der Waals surface area contributed by atoms with Gasteiger partial charge in [0.25, 0.3) is 0 Å². The van der Waals surface area contributed by atoms with Gasteiger partial charge in [-0.15, -0.1) is 0 Å². The molecule has 7 heteroatoms. The molecule has 1 aliphatic rings. The Balaban J connectivity index is 1.73. The first kappa shape index (κ1) is 20.5. The van der Waals surface area contributed by atoms with Gasteiger partial charge in [-0.2, -0.15) is 0 Å². The van der Waals surface area contributed by atoms with Crippen LogP contribution in [0, 0.1) is 11.7 Å². The highest BCUT2D eigenvalue weighted by Crippen LogP contribution is 2.29. The van der Waals surface area contributed by atoms with Crippen LogP contribution in [0.3, 0.4) is 0 Å². The molecule has 1 fully saturated rings. The van der Waals surface area contributed by atoms with Gasteiger partial charge in [-0.05, 0) is 41.8 Å². The highest BCUT2D eigenvalue weighted by atomic mass is 19.1. The zero-order valence-electron chi connectivity index (χ0n) is 16.7. The van der Waals surface area contributed by atoms with Gasteiger partial charge in [-0.25, -0.2) is 4.39 Å². The maximum Gasteiger partial charge on any atom is 0.229 e. The second-order valence-corrected chi connectivity index (χ2v) is 7.52. The molecule has 0 aliphatic carbocycles. The maximum absolute atomic E-state index is 14.1. The van der Waals surface area contributed by atoms with Crippen molar-refractivity contribution in [3.63, 3.8) is 0 Å². The predicted octanol–water partition coefficient (Wildman–Crippen LogP) is 3.90. The molecule has 0 saturated carbocycles. The molecule has 29 heavy (non-hydrogen) atoms. The lowest BCUT2D eigenvalue weighted by Gasteiger charge is -2.18. The molecule has 3 rings (SSSR count). The quantitative estimate of drug-likeness (QED) is 0.803. The standard InChI is InChI=1S/C22H24FN3O3/c1-13(2)15-5-4-6-18(9-15)26-12-16(10-21(26)28)22(29)25-20-11-17(24-14(3)27)7-8-19(20)23/h4-9,11,13,16H,10,12H2,1-3H3,(H,24,27)(H,25,29)/t16-/m0/s1. The fourth-order valence-corrected chi connectivity index (χ4v) is 3.32. The Bertz CT molecular complexity index is 958. The second kappa shape index (κ2) is 8.43. The normalized spacial score (nSPS) is 16.2. The minimum atomic E-state index is -0.613.